The summed E-state index contributed by atoms with van der Waals surface area (Å²) in [6, 6.07) is 5.98. The van der Waals surface area contributed by atoms with E-state index in [0.29, 0.717) is 11.6 Å². The van der Waals surface area contributed by atoms with Crippen LogP contribution >= 0.6 is 0 Å². The molecule has 0 amide bonds. The number of rotatable bonds is 3. The van der Waals surface area contributed by atoms with Crippen molar-refractivity contribution in [1.29, 1.82) is 0 Å². The quantitative estimate of drug-likeness (QED) is 0.796. The third-order valence-electron chi connectivity index (χ3n) is 3.80. The van der Waals surface area contributed by atoms with E-state index in [4.69, 9.17) is 0 Å². The van der Waals surface area contributed by atoms with Crippen LogP contribution in [0, 0.1) is 0 Å². The van der Waals surface area contributed by atoms with Gasteiger partial charge in [-0.25, -0.2) is 4.39 Å². The summed E-state index contributed by atoms with van der Waals surface area (Å²) in [7, 11) is 0. The van der Waals surface area contributed by atoms with Gasteiger partial charge in [-0.2, -0.15) is 0 Å². The highest BCUT2D eigenvalue weighted by atomic mass is 19.1. The van der Waals surface area contributed by atoms with E-state index in [2.05, 4.69) is 18.7 Å². The van der Waals surface area contributed by atoms with Crippen LogP contribution in [0.1, 0.15) is 38.3 Å². The Hall–Kier alpha value is -1.84. The topological polar surface area (TPSA) is 43.4 Å². The van der Waals surface area contributed by atoms with Crippen LogP contribution in [0.5, 0.6) is 0 Å². The summed E-state index contributed by atoms with van der Waals surface area (Å²) in [6.07, 6.45) is 2.11. The lowest BCUT2D eigenvalue weighted by Gasteiger charge is -2.35. The second-order valence-corrected chi connectivity index (χ2v) is 5.46. The minimum absolute atomic E-state index is 0.113. The second-order valence-electron chi connectivity index (χ2n) is 5.46. The number of aliphatic carboxylic acids is 1. The lowest BCUT2D eigenvalue weighted by molar-refractivity contribution is -0.301. The lowest BCUT2D eigenvalue weighted by Crippen LogP contribution is -2.35. The highest BCUT2D eigenvalue weighted by molar-refractivity contribution is 5.92. The number of carbonyl (C=O) groups is 1. The zero-order valence-corrected chi connectivity index (χ0v) is 12.1. The van der Waals surface area contributed by atoms with Crippen molar-refractivity contribution in [2.24, 2.45) is 0 Å². The van der Waals surface area contributed by atoms with E-state index >= 15 is 0 Å². The number of nitrogens with zero attached hydrogens (tertiary/aromatic N) is 1. The Morgan fingerprint density at radius 1 is 1.40 bits per heavy atom. The van der Waals surface area contributed by atoms with Crippen molar-refractivity contribution < 1.29 is 14.3 Å². The van der Waals surface area contributed by atoms with Crippen molar-refractivity contribution in [3.8, 4) is 0 Å². The molecule has 108 valence electrons. The summed E-state index contributed by atoms with van der Waals surface area (Å²) in [5.74, 6) is -2.96. The van der Waals surface area contributed by atoms with Crippen LogP contribution in [0.3, 0.4) is 0 Å². The van der Waals surface area contributed by atoms with E-state index in [1.807, 2.05) is 12.1 Å². The Balaban J connectivity index is 2.48. The van der Waals surface area contributed by atoms with Crippen molar-refractivity contribution in [2.45, 2.75) is 39.7 Å². The Kier molecular flexibility index (Phi) is 4.12. The van der Waals surface area contributed by atoms with Gasteiger partial charge in [-0.3, -0.25) is 0 Å². The molecule has 1 aromatic carbocycles. The van der Waals surface area contributed by atoms with Gasteiger partial charge in [0.2, 0.25) is 0 Å². The number of hydrogen-bond acceptors (Lipinski definition) is 3. The molecule has 0 saturated carbocycles. The van der Waals surface area contributed by atoms with Crippen LogP contribution in [0.25, 0.3) is 5.57 Å². The number of halogens is 1. The summed E-state index contributed by atoms with van der Waals surface area (Å²) < 4.78 is 13.5. The van der Waals surface area contributed by atoms with Gasteiger partial charge in [0.25, 0.3) is 0 Å². The minimum Gasteiger partial charge on any atom is -0.542 e. The summed E-state index contributed by atoms with van der Waals surface area (Å²) in [4.78, 5) is 12.9. The van der Waals surface area contributed by atoms with Gasteiger partial charge in [0.05, 0.1) is 0 Å². The van der Waals surface area contributed by atoms with E-state index in [-0.39, 0.29) is 5.57 Å². The van der Waals surface area contributed by atoms with Crippen molar-refractivity contribution >= 4 is 17.2 Å². The molecule has 20 heavy (non-hydrogen) atoms. The van der Waals surface area contributed by atoms with Crippen LogP contribution < -0.4 is 10.0 Å². The molecule has 2 rings (SSSR count). The average molecular weight is 276 g/mol. The van der Waals surface area contributed by atoms with Crippen LogP contribution in [0.15, 0.2) is 24.0 Å². The maximum atomic E-state index is 13.5. The molecule has 3 nitrogen and oxygen atoms in total. The predicted octanol–water partition coefficient (Wildman–Crippen LogP) is 2.30. The molecule has 0 spiro atoms. The number of anilines is 1. The highest BCUT2D eigenvalue weighted by Gasteiger charge is 2.20. The molecule has 1 heterocycles. The maximum Gasteiger partial charge on any atom is 0.149 e. The number of allylic oxidation sites excluding steroid dienone is 1. The van der Waals surface area contributed by atoms with Crippen LogP contribution in [0.2, 0.25) is 0 Å². The van der Waals surface area contributed by atoms with Crippen LogP contribution in [0.4, 0.5) is 10.1 Å². The van der Waals surface area contributed by atoms with Gasteiger partial charge in [-0.05, 0) is 56.4 Å². The first-order chi connectivity index (χ1) is 9.41. The number of hydrogen-bond donors (Lipinski definition) is 0. The Morgan fingerprint density at radius 2 is 2.10 bits per heavy atom. The van der Waals surface area contributed by atoms with Crippen molar-refractivity contribution in [1.82, 2.24) is 0 Å². The second kappa shape index (κ2) is 5.65. The third kappa shape index (κ3) is 2.69. The number of fused-ring (bicyclic) bond motifs is 1. The fourth-order valence-electron chi connectivity index (χ4n) is 2.65. The van der Waals surface area contributed by atoms with Crippen molar-refractivity contribution in [3.05, 3.63) is 35.2 Å². The van der Waals surface area contributed by atoms with E-state index in [1.165, 1.54) is 12.5 Å². The molecule has 0 unspecified atom stereocenters. The first-order valence-corrected chi connectivity index (χ1v) is 6.89. The first-order valence-electron chi connectivity index (χ1n) is 6.89. The molecule has 0 bridgehead atoms. The molecular formula is C16H19FNO2-. The third-order valence-corrected chi connectivity index (χ3v) is 3.80. The van der Waals surface area contributed by atoms with Crippen LogP contribution in [-0.2, 0) is 11.2 Å². The number of carboxylic acids is 1. The number of aryl methyl sites for hydroxylation is 1. The van der Waals surface area contributed by atoms with Gasteiger partial charge < -0.3 is 14.8 Å². The van der Waals surface area contributed by atoms with Crippen LogP contribution in [-0.4, -0.2) is 18.6 Å². The van der Waals surface area contributed by atoms with Crippen molar-refractivity contribution in [2.75, 3.05) is 11.4 Å². The molecular weight excluding hydrogens is 257 g/mol. The average Bonchev–Trinajstić information content (AvgIpc) is 2.44. The zero-order chi connectivity index (χ0) is 14.9. The summed E-state index contributed by atoms with van der Waals surface area (Å²) in [6.45, 7) is 6.67. The van der Waals surface area contributed by atoms with Gasteiger partial charge >= 0.3 is 0 Å². The normalized spacial score (nSPS) is 15.9. The van der Waals surface area contributed by atoms with E-state index < -0.39 is 11.8 Å². The maximum absolute atomic E-state index is 13.5. The molecule has 0 radical (unpaired) electrons. The van der Waals surface area contributed by atoms with Gasteiger partial charge in [-0.15, -0.1) is 0 Å². The van der Waals surface area contributed by atoms with Gasteiger partial charge in [0, 0.05) is 18.3 Å². The molecule has 0 aromatic heterocycles. The molecule has 4 heteroatoms. The van der Waals surface area contributed by atoms with E-state index in [1.54, 1.807) is 6.07 Å². The smallest absolute Gasteiger partial charge is 0.149 e. The summed E-state index contributed by atoms with van der Waals surface area (Å²) >= 11 is 0. The first kappa shape index (κ1) is 14.6. The number of carbonyl (C=O) groups excluding carboxylic acids is 1. The molecule has 0 N–H and O–H groups in total. The zero-order valence-electron chi connectivity index (χ0n) is 12.1. The highest BCUT2D eigenvalue weighted by Crippen LogP contribution is 2.32. The summed E-state index contributed by atoms with van der Waals surface area (Å²) in [5.41, 5.74) is 3.02. The molecule has 0 fully saturated rings. The molecule has 0 aliphatic carbocycles. The number of benzene rings is 1. The largest absolute Gasteiger partial charge is 0.542 e. The lowest BCUT2D eigenvalue weighted by atomic mass is 9.96. The monoisotopic (exact) mass is 276 g/mol. The Bertz CT molecular complexity index is 564. The SMILES string of the molecule is C/C(=C(\F)C(=O)[O-])c1ccc2c(c1)N(C(C)C)CCC2. The fraction of sp³-hybridized carbons (Fsp3) is 0.438. The standard InChI is InChI=1S/C16H20FNO2/c1-10(2)18-8-4-5-12-6-7-13(9-14(12)18)11(3)15(17)16(19)20/h6-7,9-10H,4-5,8H2,1-3H3,(H,19,20)/p-1/b15-11+. The fourth-order valence-corrected chi connectivity index (χ4v) is 2.65. The summed E-state index contributed by atoms with van der Waals surface area (Å²) in [5, 5.41) is 10.6. The molecule has 0 atom stereocenters. The Morgan fingerprint density at radius 3 is 2.70 bits per heavy atom. The molecule has 1 aliphatic rings. The minimum atomic E-state index is -1.76. The molecule has 0 saturated heterocycles. The van der Waals surface area contributed by atoms with E-state index in [0.717, 1.165) is 25.1 Å². The van der Waals surface area contributed by atoms with Gasteiger partial charge in [0.15, 0.2) is 0 Å². The molecule has 1 aromatic rings. The predicted molar refractivity (Wildman–Crippen MR) is 76.0 cm³/mol. The van der Waals surface area contributed by atoms with Gasteiger partial charge in [0.1, 0.15) is 11.8 Å². The molecule has 1 aliphatic heterocycles. The van der Waals surface area contributed by atoms with Crippen molar-refractivity contribution in [3.63, 3.8) is 0 Å². The Labute approximate surface area is 118 Å². The van der Waals surface area contributed by atoms with Gasteiger partial charge in [-0.1, -0.05) is 12.1 Å². The van der Waals surface area contributed by atoms with E-state index in [9.17, 15) is 14.3 Å². The number of carboxylic acid groups (broad SMARTS) is 1.